The largest absolute Gasteiger partial charge is 0.357 e. The van der Waals surface area contributed by atoms with Gasteiger partial charge in [-0.25, -0.2) is 4.99 Å². The molecule has 1 aromatic rings. The molecule has 0 bridgehead atoms. The van der Waals surface area contributed by atoms with E-state index in [0.29, 0.717) is 12.5 Å². The maximum Gasteiger partial charge on any atom is 0.239 e. The van der Waals surface area contributed by atoms with Gasteiger partial charge in [-0.2, -0.15) is 0 Å². The minimum atomic E-state index is -0.232. The van der Waals surface area contributed by atoms with Crippen LogP contribution in [0.2, 0.25) is 0 Å². The number of amides is 1. The Morgan fingerprint density at radius 3 is 2.24 bits per heavy atom. The van der Waals surface area contributed by atoms with E-state index in [1.54, 1.807) is 0 Å². The molecule has 0 aliphatic carbocycles. The maximum absolute atomic E-state index is 12.0. The smallest absolute Gasteiger partial charge is 0.239 e. The van der Waals surface area contributed by atoms with E-state index < -0.39 is 0 Å². The number of rotatable bonds is 7. The molecule has 1 aliphatic rings. The fourth-order valence-electron chi connectivity index (χ4n) is 3.26. The molecule has 7 heteroatoms. The number of carbonyl (C=O) groups is 1. The average Bonchev–Trinajstić information content (AvgIpc) is 2.65. The van der Waals surface area contributed by atoms with Crippen LogP contribution in [0.4, 0.5) is 0 Å². The predicted octanol–water partition coefficient (Wildman–Crippen LogP) is 3.26. The first-order valence-electron chi connectivity index (χ1n) is 10.5. The molecule has 0 saturated carbocycles. The van der Waals surface area contributed by atoms with Crippen LogP contribution in [0, 0.1) is 0 Å². The lowest BCUT2D eigenvalue weighted by Crippen LogP contribution is -2.48. The Morgan fingerprint density at radius 1 is 1.03 bits per heavy atom. The zero-order valence-electron chi connectivity index (χ0n) is 18.4. The predicted molar refractivity (Wildman–Crippen MR) is 132 cm³/mol. The number of guanidine groups is 1. The minimum absolute atomic E-state index is 0. The molecule has 6 nitrogen and oxygen atoms in total. The molecule has 1 fully saturated rings. The summed E-state index contributed by atoms with van der Waals surface area (Å²) in [7, 11) is 0. The van der Waals surface area contributed by atoms with Crippen LogP contribution in [0.1, 0.15) is 58.1 Å². The number of aliphatic imine (C=N–C) groups is 1. The topological polar surface area (TPSA) is 68.8 Å². The summed E-state index contributed by atoms with van der Waals surface area (Å²) >= 11 is 0. The van der Waals surface area contributed by atoms with Crippen LogP contribution in [0.15, 0.2) is 29.3 Å². The number of carbonyl (C=O) groups excluding carboxylic acids is 1. The quantitative estimate of drug-likeness (QED) is 0.296. The maximum atomic E-state index is 12.0. The van der Waals surface area contributed by atoms with Crippen molar-refractivity contribution in [2.24, 2.45) is 4.99 Å². The van der Waals surface area contributed by atoms with Gasteiger partial charge in [0.2, 0.25) is 5.91 Å². The third-order valence-electron chi connectivity index (χ3n) is 4.57. The number of hydrogen-bond donors (Lipinski definition) is 3. The van der Waals surface area contributed by atoms with Crippen LogP contribution in [0.5, 0.6) is 0 Å². The fraction of sp³-hybridized carbons (Fsp3) is 0.636. The van der Waals surface area contributed by atoms with Gasteiger partial charge in [0.25, 0.3) is 0 Å². The highest BCUT2D eigenvalue weighted by molar-refractivity contribution is 14.0. The average molecular weight is 515 g/mol. The Labute approximate surface area is 193 Å². The minimum Gasteiger partial charge on any atom is -0.357 e. The Kier molecular flexibility index (Phi) is 11.6. The first-order chi connectivity index (χ1) is 13.4. The Morgan fingerprint density at radius 2 is 1.66 bits per heavy atom. The number of piperidine rings is 1. The van der Waals surface area contributed by atoms with Gasteiger partial charge in [-0.15, -0.1) is 24.0 Å². The molecule has 0 radical (unpaired) electrons. The second-order valence-electron chi connectivity index (χ2n) is 8.50. The lowest BCUT2D eigenvalue weighted by atomic mass is 10.1. The van der Waals surface area contributed by atoms with Gasteiger partial charge in [-0.3, -0.25) is 9.69 Å². The van der Waals surface area contributed by atoms with E-state index in [2.05, 4.69) is 50.1 Å². The third kappa shape index (κ3) is 10.8. The van der Waals surface area contributed by atoms with Crippen LogP contribution >= 0.6 is 24.0 Å². The first-order valence-corrected chi connectivity index (χ1v) is 10.5. The van der Waals surface area contributed by atoms with Crippen molar-refractivity contribution < 1.29 is 4.79 Å². The van der Waals surface area contributed by atoms with E-state index in [1.807, 2.05) is 27.7 Å². The first kappa shape index (κ1) is 25.7. The van der Waals surface area contributed by atoms with Crippen molar-refractivity contribution in [1.29, 1.82) is 0 Å². The molecular formula is C22H38IN5O. The Balaban J connectivity index is 0.00000420. The number of likely N-dealkylation sites (tertiary alicyclic amines) is 1. The van der Waals surface area contributed by atoms with Crippen molar-refractivity contribution >= 4 is 35.8 Å². The van der Waals surface area contributed by atoms with Crippen LogP contribution in [0.25, 0.3) is 0 Å². The van der Waals surface area contributed by atoms with Crippen molar-refractivity contribution in [2.75, 3.05) is 26.2 Å². The molecule has 0 spiro atoms. The molecule has 164 valence electrons. The molecule has 1 amide bonds. The summed E-state index contributed by atoms with van der Waals surface area (Å²) in [5.41, 5.74) is 2.29. The normalized spacial score (nSPS) is 15.4. The Hall–Kier alpha value is -1.35. The summed E-state index contributed by atoms with van der Waals surface area (Å²) in [5.74, 6) is 0.615. The molecular weight excluding hydrogens is 477 g/mol. The van der Waals surface area contributed by atoms with Gasteiger partial charge in [0.1, 0.15) is 0 Å². The van der Waals surface area contributed by atoms with Crippen LogP contribution in [-0.2, 0) is 17.9 Å². The highest BCUT2D eigenvalue weighted by Crippen LogP contribution is 2.14. The van der Waals surface area contributed by atoms with Gasteiger partial charge < -0.3 is 16.0 Å². The zero-order valence-corrected chi connectivity index (χ0v) is 20.7. The van der Waals surface area contributed by atoms with E-state index >= 15 is 0 Å². The second-order valence-corrected chi connectivity index (χ2v) is 8.50. The molecule has 0 atom stereocenters. The zero-order chi connectivity index (χ0) is 20.4. The molecule has 0 aromatic heterocycles. The van der Waals surface area contributed by atoms with E-state index in [9.17, 15) is 4.79 Å². The highest BCUT2D eigenvalue weighted by Gasteiger charge is 2.13. The Bertz CT molecular complexity index is 634. The summed E-state index contributed by atoms with van der Waals surface area (Å²) < 4.78 is 0. The number of benzene rings is 1. The lowest BCUT2D eigenvalue weighted by molar-refractivity contribution is -0.121. The van der Waals surface area contributed by atoms with E-state index in [0.717, 1.165) is 13.1 Å². The number of nitrogens with zero attached hydrogens (tertiary/aromatic N) is 2. The van der Waals surface area contributed by atoms with Crippen molar-refractivity contribution in [1.82, 2.24) is 20.9 Å². The van der Waals surface area contributed by atoms with Gasteiger partial charge in [-0.05, 0) is 64.8 Å². The summed E-state index contributed by atoms with van der Waals surface area (Å²) in [6.07, 6.45) is 4.01. The molecule has 1 aromatic carbocycles. The van der Waals surface area contributed by atoms with Gasteiger partial charge in [-0.1, -0.05) is 30.7 Å². The number of hydrogen-bond acceptors (Lipinski definition) is 3. The fourth-order valence-corrected chi connectivity index (χ4v) is 3.26. The number of nitrogens with one attached hydrogen (secondary N) is 3. The van der Waals surface area contributed by atoms with Crippen LogP contribution in [0.3, 0.4) is 0 Å². The van der Waals surface area contributed by atoms with E-state index in [1.165, 1.54) is 43.5 Å². The highest BCUT2D eigenvalue weighted by atomic mass is 127. The van der Waals surface area contributed by atoms with Gasteiger partial charge in [0.05, 0.1) is 13.1 Å². The summed E-state index contributed by atoms with van der Waals surface area (Å²) in [6, 6.07) is 8.71. The SMILES string of the molecule is CCNC(=NCc1ccc(CN2CCCCC2)cc1)NCC(=O)NC(C)(C)C.I. The summed E-state index contributed by atoms with van der Waals surface area (Å²) in [4.78, 5) is 19.1. The standard InChI is InChI=1S/C22H37N5O.HI/c1-5-23-21(25-16-20(28)26-22(2,3)4)24-15-18-9-11-19(12-10-18)17-27-13-7-6-8-14-27;/h9-12H,5-8,13-17H2,1-4H3,(H,26,28)(H2,23,24,25);1H. The van der Waals surface area contributed by atoms with Crippen molar-refractivity contribution in [2.45, 2.75) is 65.6 Å². The third-order valence-corrected chi connectivity index (χ3v) is 4.57. The van der Waals surface area contributed by atoms with Gasteiger partial charge in [0.15, 0.2) is 5.96 Å². The molecule has 1 saturated heterocycles. The molecule has 1 heterocycles. The van der Waals surface area contributed by atoms with Gasteiger partial charge >= 0.3 is 0 Å². The number of halogens is 1. The van der Waals surface area contributed by atoms with E-state index in [4.69, 9.17) is 0 Å². The molecule has 1 aliphatic heterocycles. The van der Waals surface area contributed by atoms with Crippen molar-refractivity contribution in [3.05, 3.63) is 35.4 Å². The van der Waals surface area contributed by atoms with Gasteiger partial charge in [0, 0.05) is 18.6 Å². The van der Waals surface area contributed by atoms with Crippen LogP contribution < -0.4 is 16.0 Å². The van der Waals surface area contributed by atoms with Crippen molar-refractivity contribution in [3.63, 3.8) is 0 Å². The lowest BCUT2D eigenvalue weighted by Gasteiger charge is -2.26. The monoisotopic (exact) mass is 515 g/mol. The van der Waals surface area contributed by atoms with E-state index in [-0.39, 0.29) is 42.0 Å². The summed E-state index contributed by atoms with van der Waals surface area (Å²) in [5, 5.41) is 9.23. The molecule has 3 N–H and O–H groups in total. The molecule has 29 heavy (non-hydrogen) atoms. The second kappa shape index (κ2) is 13.1. The van der Waals surface area contributed by atoms with Crippen LogP contribution in [-0.4, -0.2) is 48.5 Å². The molecule has 2 rings (SSSR count). The molecule has 0 unspecified atom stereocenters. The van der Waals surface area contributed by atoms with Crippen molar-refractivity contribution in [3.8, 4) is 0 Å². The summed E-state index contributed by atoms with van der Waals surface area (Å²) in [6.45, 7) is 12.9.